The van der Waals surface area contributed by atoms with Crippen LogP contribution in [-0.2, 0) is 4.79 Å². The molecule has 1 aliphatic heterocycles. The molecule has 2 atom stereocenters. The fourth-order valence-corrected chi connectivity index (χ4v) is 5.31. The number of aromatic nitrogens is 4. The normalized spacial score (nSPS) is 17.9. The van der Waals surface area contributed by atoms with Crippen molar-refractivity contribution in [3.05, 3.63) is 70.9 Å². The number of fused-ring (bicyclic) bond motifs is 1. The Kier molecular flexibility index (Phi) is 7.56. The highest BCUT2D eigenvalue weighted by Gasteiger charge is 2.32. The minimum atomic E-state index is -0.310. The van der Waals surface area contributed by atoms with E-state index in [4.69, 9.17) is 0 Å². The average Bonchev–Trinajstić information content (AvgIpc) is 3.75. The largest absolute Gasteiger partial charge is 0.349 e. The lowest BCUT2D eigenvalue weighted by molar-refractivity contribution is -0.128. The molecule has 0 spiro atoms. The van der Waals surface area contributed by atoms with E-state index in [0.29, 0.717) is 17.6 Å². The number of benzene rings is 1. The van der Waals surface area contributed by atoms with E-state index in [9.17, 15) is 9.59 Å². The van der Waals surface area contributed by atoms with Gasteiger partial charge >= 0.3 is 5.69 Å². The molecule has 9 nitrogen and oxygen atoms in total. The number of amides is 1. The summed E-state index contributed by atoms with van der Waals surface area (Å²) in [6.45, 7) is 12.9. The van der Waals surface area contributed by atoms with Gasteiger partial charge in [-0.25, -0.2) is 14.8 Å². The minimum absolute atomic E-state index is 0.0158. The molecule has 9 heteroatoms. The Bertz CT molecular complexity index is 1360. The lowest BCUT2D eigenvalue weighted by Gasteiger charge is -2.39. The fourth-order valence-electron chi connectivity index (χ4n) is 5.31. The molecule has 1 unspecified atom stereocenters. The second-order valence-corrected chi connectivity index (χ2v) is 10.8. The Morgan fingerprint density at radius 2 is 1.71 bits per heavy atom. The van der Waals surface area contributed by atoms with Crippen molar-refractivity contribution in [3.63, 3.8) is 0 Å². The number of carbonyl (C=O) groups is 1. The SMILES string of the molecule is C=CC(=O)N1CCN(C(CC2CC2)c2ccc([C@H](C)Nc3ncc4cnc(=O)n(C(C)C)c4n3)cc2)CC1. The number of rotatable bonds is 9. The Labute approximate surface area is 223 Å². The van der Waals surface area contributed by atoms with Crippen LogP contribution in [0.4, 0.5) is 5.95 Å². The molecule has 1 saturated carbocycles. The monoisotopic (exact) mass is 515 g/mol. The quantitative estimate of drug-likeness (QED) is 0.429. The van der Waals surface area contributed by atoms with E-state index in [1.807, 2.05) is 18.7 Å². The third-order valence-electron chi connectivity index (χ3n) is 7.72. The van der Waals surface area contributed by atoms with E-state index in [1.165, 1.54) is 37.1 Å². The van der Waals surface area contributed by atoms with Crippen LogP contribution in [0.3, 0.4) is 0 Å². The van der Waals surface area contributed by atoms with Gasteiger partial charge in [0.05, 0.1) is 11.4 Å². The first-order valence-electron chi connectivity index (χ1n) is 13.6. The van der Waals surface area contributed by atoms with Gasteiger partial charge in [-0.15, -0.1) is 0 Å². The van der Waals surface area contributed by atoms with E-state index in [-0.39, 0.29) is 23.7 Å². The molecule has 1 amide bonds. The van der Waals surface area contributed by atoms with E-state index < -0.39 is 0 Å². The van der Waals surface area contributed by atoms with Gasteiger partial charge in [0.2, 0.25) is 11.9 Å². The summed E-state index contributed by atoms with van der Waals surface area (Å²) in [6.07, 6.45) is 8.44. The van der Waals surface area contributed by atoms with Crippen LogP contribution in [0, 0.1) is 5.92 Å². The van der Waals surface area contributed by atoms with Crippen LogP contribution in [0.25, 0.3) is 11.0 Å². The number of nitrogens with zero attached hydrogens (tertiary/aromatic N) is 6. The highest BCUT2D eigenvalue weighted by atomic mass is 16.2. The maximum atomic E-state index is 12.3. The second-order valence-electron chi connectivity index (χ2n) is 10.8. The number of carbonyl (C=O) groups excluding carboxylic acids is 1. The fraction of sp³-hybridized carbons (Fsp3) is 0.483. The Morgan fingerprint density at radius 3 is 2.34 bits per heavy atom. The van der Waals surface area contributed by atoms with Crippen LogP contribution in [0.15, 0.2) is 54.1 Å². The number of piperazine rings is 1. The van der Waals surface area contributed by atoms with E-state index >= 15 is 0 Å². The number of hydrogen-bond acceptors (Lipinski definition) is 7. The van der Waals surface area contributed by atoms with Crippen molar-refractivity contribution in [1.82, 2.24) is 29.3 Å². The average molecular weight is 516 g/mol. The molecule has 1 aliphatic carbocycles. The van der Waals surface area contributed by atoms with Crippen molar-refractivity contribution in [1.29, 1.82) is 0 Å². The van der Waals surface area contributed by atoms with Gasteiger partial charge in [0.1, 0.15) is 0 Å². The van der Waals surface area contributed by atoms with Crippen molar-refractivity contribution in [3.8, 4) is 0 Å². The number of anilines is 1. The van der Waals surface area contributed by atoms with Crippen LogP contribution in [-0.4, -0.2) is 61.4 Å². The van der Waals surface area contributed by atoms with Gasteiger partial charge in [-0.1, -0.05) is 43.7 Å². The lowest BCUT2D eigenvalue weighted by atomic mass is 9.96. The maximum Gasteiger partial charge on any atom is 0.349 e. The Morgan fingerprint density at radius 1 is 1.05 bits per heavy atom. The molecule has 2 aliphatic rings. The van der Waals surface area contributed by atoms with Crippen molar-refractivity contribution < 1.29 is 4.79 Å². The van der Waals surface area contributed by atoms with Crippen molar-refractivity contribution >= 4 is 22.9 Å². The highest BCUT2D eigenvalue weighted by Crippen LogP contribution is 2.40. The first kappa shape index (κ1) is 26.0. The molecule has 200 valence electrons. The zero-order valence-corrected chi connectivity index (χ0v) is 22.5. The molecule has 2 fully saturated rings. The summed E-state index contributed by atoms with van der Waals surface area (Å²) in [5.41, 5.74) is 2.74. The van der Waals surface area contributed by atoms with Gasteiger partial charge in [0, 0.05) is 50.7 Å². The standard InChI is InChI=1S/C29H37N7O2/c1-5-26(37)35-14-12-34(13-15-35)25(16-21-6-7-21)23-10-8-22(9-11-23)20(4)32-28-30-17-24-18-31-29(38)36(19(2)3)27(24)33-28/h5,8-11,17-21,25H,1,6-7,12-16H2,2-4H3,(H,30,32,33)/t20-,25?/m0/s1. The third-order valence-corrected chi connectivity index (χ3v) is 7.72. The van der Waals surface area contributed by atoms with Gasteiger partial charge in [-0.2, -0.15) is 4.98 Å². The molecule has 3 aromatic rings. The first-order chi connectivity index (χ1) is 18.3. The second kappa shape index (κ2) is 11.0. The van der Waals surface area contributed by atoms with Gasteiger partial charge in [-0.3, -0.25) is 14.3 Å². The predicted octanol–water partition coefficient (Wildman–Crippen LogP) is 4.11. The Hall–Kier alpha value is -3.59. The zero-order chi connectivity index (χ0) is 26.8. The van der Waals surface area contributed by atoms with Crippen LogP contribution >= 0.6 is 0 Å². The summed E-state index contributed by atoms with van der Waals surface area (Å²) >= 11 is 0. The molecule has 1 N–H and O–H groups in total. The molecule has 3 heterocycles. The van der Waals surface area contributed by atoms with Crippen LogP contribution < -0.4 is 11.0 Å². The topological polar surface area (TPSA) is 96.3 Å². The summed E-state index contributed by atoms with van der Waals surface area (Å²) < 4.78 is 1.59. The van der Waals surface area contributed by atoms with E-state index in [0.717, 1.165) is 43.0 Å². The molecule has 0 bridgehead atoms. The molecule has 1 aromatic carbocycles. The predicted molar refractivity (Wildman–Crippen MR) is 149 cm³/mol. The molecule has 2 aromatic heterocycles. The summed E-state index contributed by atoms with van der Waals surface area (Å²) in [5, 5.41) is 4.13. The van der Waals surface area contributed by atoms with Crippen molar-refractivity contribution in [2.24, 2.45) is 5.92 Å². The molecule has 1 saturated heterocycles. The lowest BCUT2D eigenvalue weighted by Crippen LogP contribution is -2.49. The molecular weight excluding hydrogens is 478 g/mol. The van der Waals surface area contributed by atoms with Crippen molar-refractivity contribution in [2.45, 2.75) is 58.2 Å². The van der Waals surface area contributed by atoms with Gasteiger partial charge < -0.3 is 10.2 Å². The third kappa shape index (κ3) is 5.62. The Balaban J connectivity index is 1.30. The highest BCUT2D eigenvalue weighted by molar-refractivity contribution is 5.87. The van der Waals surface area contributed by atoms with Crippen LogP contribution in [0.2, 0.25) is 0 Å². The smallest absolute Gasteiger partial charge is 0.348 e. The van der Waals surface area contributed by atoms with Gasteiger partial charge in [-0.05, 0) is 50.3 Å². The number of nitrogens with one attached hydrogen (secondary N) is 1. The van der Waals surface area contributed by atoms with Gasteiger partial charge in [0.25, 0.3) is 0 Å². The molecule has 38 heavy (non-hydrogen) atoms. The summed E-state index contributed by atoms with van der Waals surface area (Å²) in [4.78, 5) is 41.8. The molecule has 5 rings (SSSR count). The summed E-state index contributed by atoms with van der Waals surface area (Å²) in [5.74, 6) is 1.30. The molecule has 0 radical (unpaired) electrons. The minimum Gasteiger partial charge on any atom is -0.348 e. The van der Waals surface area contributed by atoms with Gasteiger partial charge in [0.15, 0.2) is 5.65 Å². The number of hydrogen-bond donors (Lipinski definition) is 1. The van der Waals surface area contributed by atoms with Crippen molar-refractivity contribution in [2.75, 3.05) is 31.5 Å². The summed E-state index contributed by atoms with van der Waals surface area (Å²) in [6, 6.07) is 9.14. The van der Waals surface area contributed by atoms with Crippen LogP contribution in [0.1, 0.15) is 69.3 Å². The van der Waals surface area contributed by atoms with E-state index in [2.05, 4.69) is 62.9 Å². The van der Waals surface area contributed by atoms with Crippen LogP contribution in [0.5, 0.6) is 0 Å². The van der Waals surface area contributed by atoms with E-state index in [1.54, 1.807) is 10.8 Å². The maximum absolute atomic E-state index is 12.3. The zero-order valence-electron chi connectivity index (χ0n) is 22.5. The first-order valence-corrected chi connectivity index (χ1v) is 13.6. The summed E-state index contributed by atoms with van der Waals surface area (Å²) in [7, 11) is 0. The molecular formula is C29H37N7O2.